The molecule has 2 aromatic rings. The number of aryl methyl sites for hydroxylation is 1. The lowest BCUT2D eigenvalue weighted by Gasteiger charge is -2.08. The number of rotatable bonds is 2. The van der Waals surface area contributed by atoms with Gasteiger partial charge >= 0.3 is 0 Å². The molecule has 0 saturated carbocycles. The molecule has 0 aliphatic heterocycles. The molecule has 0 atom stereocenters. The predicted molar refractivity (Wildman–Crippen MR) is 60.8 cm³/mol. The minimum atomic E-state index is -3.48. The summed E-state index contributed by atoms with van der Waals surface area (Å²) in [6.45, 7) is 1.78. The van der Waals surface area contributed by atoms with Crippen molar-refractivity contribution in [3.8, 4) is 0 Å². The fourth-order valence-corrected chi connectivity index (χ4v) is 2.54. The van der Waals surface area contributed by atoms with E-state index in [0.29, 0.717) is 11.3 Å². The van der Waals surface area contributed by atoms with Gasteiger partial charge in [-0.25, -0.2) is 17.7 Å². The van der Waals surface area contributed by atoms with E-state index < -0.39 is 10.0 Å². The highest BCUT2D eigenvalue weighted by molar-refractivity contribution is 7.89. The molecule has 0 spiro atoms. The van der Waals surface area contributed by atoms with Gasteiger partial charge in [0.1, 0.15) is 5.82 Å². The first kappa shape index (κ1) is 11.1. The Kier molecular flexibility index (Phi) is 2.47. The van der Waals surface area contributed by atoms with Gasteiger partial charge in [0, 0.05) is 20.3 Å². The SMILES string of the molecule is Cc1nc(S(=O)(=O)N(C)C)c2ccccn12. The third kappa shape index (κ3) is 1.50. The summed E-state index contributed by atoms with van der Waals surface area (Å²) in [5.74, 6) is 0.663. The topological polar surface area (TPSA) is 54.7 Å². The van der Waals surface area contributed by atoms with Crippen LogP contribution in [0.15, 0.2) is 29.4 Å². The Labute approximate surface area is 94.4 Å². The Morgan fingerprint density at radius 2 is 2.00 bits per heavy atom. The molecule has 2 heterocycles. The van der Waals surface area contributed by atoms with E-state index in [1.54, 1.807) is 29.7 Å². The Morgan fingerprint density at radius 3 is 2.62 bits per heavy atom. The fourth-order valence-electron chi connectivity index (χ4n) is 1.52. The number of hydrogen-bond donors (Lipinski definition) is 0. The maximum atomic E-state index is 12.0. The molecule has 2 aromatic heterocycles. The molecule has 0 aromatic carbocycles. The van der Waals surface area contributed by atoms with Crippen LogP contribution < -0.4 is 0 Å². The summed E-state index contributed by atoms with van der Waals surface area (Å²) in [5.41, 5.74) is 0.605. The molecule has 0 aliphatic carbocycles. The monoisotopic (exact) mass is 239 g/mol. The van der Waals surface area contributed by atoms with Gasteiger partial charge in [0.15, 0.2) is 5.03 Å². The molecule has 6 heteroatoms. The van der Waals surface area contributed by atoms with Crippen LogP contribution in [0.5, 0.6) is 0 Å². The molecule has 0 N–H and O–H groups in total. The van der Waals surface area contributed by atoms with Gasteiger partial charge in [-0.2, -0.15) is 0 Å². The summed E-state index contributed by atoms with van der Waals surface area (Å²) in [6.07, 6.45) is 1.80. The molecular weight excluding hydrogens is 226 g/mol. The Hall–Kier alpha value is -1.40. The number of hydrogen-bond acceptors (Lipinski definition) is 3. The molecule has 0 amide bonds. The van der Waals surface area contributed by atoms with Gasteiger partial charge in [0.25, 0.3) is 10.0 Å². The summed E-state index contributed by atoms with van der Waals surface area (Å²) < 4.78 is 26.9. The minimum absolute atomic E-state index is 0.107. The van der Waals surface area contributed by atoms with E-state index in [1.807, 2.05) is 6.07 Å². The molecule has 86 valence electrons. The third-order valence-corrected chi connectivity index (χ3v) is 4.17. The lowest BCUT2D eigenvalue weighted by atomic mass is 10.4. The average molecular weight is 239 g/mol. The molecule has 0 unspecified atom stereocenters. The van der Waals surface area contributed by atoms with Crippen molar-refractivity contribution in [2.75, 3.05) is 14.1 Å². The lowest BCUT2D eigenvalue weighted by Crippen LogP contribution is -2.22. The van der Waals surface area contributed by atoms with Crippen molar-refractivity contribution in [2.24, 2.45) is 0 Å². The summed E-state index contributed by atoms with van der Waals surface area (Å²) in [7, 11) is -0.484. The molecular formula is C10H13N3O2S. The molecule has 0 bridgehead atoms. The first-order valence-corrected chi connectivity index (χ1v) is 6.25. The van der Waals surface area contributed by atoms with Gasteiger partial charge < -0.3 is 4.40 Å². The van der Waals surface area contributed by atoms with Crippen LogP contribution in [0.1, 0.15) is 5.82 Å². The highest BCUT2D eigenvalue weighted by Crippen LogP contribution is 2.19. The van der Waals surface area contributed by atoms with Gasteiger partial charge in [-0.15, -0.1) is 0 Å². The van der Waals surface area contributed by atoms with Crippen molar-refractivity contribution in [2.45, 2.75) is 11.9 Å². The normalized spacial score (nSPS) is 12.5. The van der Waals surface area contributed by atoms with E-state index >= 15 is 0 Å². The Bertz CT molecular complexity index is 629. The summed E-state index contributed by atoms with van der Waals surface area (Å²) in [4.78, 5) is 4.12. The molecule has 0 fully saturated rings. The largest absolute Gasteiger partial charge is 0.303 e. The van der Waals surface area contributed by atoms with Crippen molar-refractivity contribution in [1.29, 1.82) is 0 Å². The van der Waals surface area contributed by atoms with Crippen LogP contribution in [0.4, 0.5) is 0 Å². The lowest BCUT2D eigenvalue weighted by molar-refractivity contribution is 0.518. The van der Waals surface area contributed by atoms with E-state index in [0.717, 1.165) is 0 Å². The number of fused-ring (bicyclic) bond motifs is 1. The van der Waals surface area contributed by atoms with Gasteiger partial charge in [0.05, 0.1) is 5.52 Å². The van der Waals surface area contributed by atoms with Gasteiger partial charge in [-0.3, -0.25) is 0 Å². The van der Waals surface area contributed by atoms with Crippen LogP contribution in [-0.2, 0) is 10.0 Å². The quantitative estimate of drug-likeness (QED) is 0.782. The zero-order chi connectivity index (χ0) is 11.9. The van der Waals surface area contributed by atoms with E-state index in [2.05, 4.69) is 4.98 Å². The van der Waals surface area contributed by atoms with E-state index in [4.69, 9.17) is 0 Å². The highest BCUT2D eigenvalue weighted by atomic mass is 32.2. The molecule has 5 nitrogen and oxygen atoms in total. The maximum absolute atomic E-state index is 12.0. The molecule has 16 heavy (non-hydrogen) atoms. The van der Waals surface area contributed by atoms with Gasteiger partial charge in [-0.05, 0) is 19.1 Å². The second kappa shape index (κ2) is 3.57. The maximum Gasteiger partial charge on any atom is 0.262 e. The first-order valence-electron chi connectivity index (χ1n) is 4.81. The van der Waals surface area contributed by atoms with Crippen molar-refractivity contribution < 1.29 is 8.42 Å². The Balaban J connectivity index is 2.81. The fraction of sp³-hybridized carbons (Fsp3) is 0.300. The zero-order valence-electron chi connectivity index (χ0n) is 9.38. The van der Waals surface area contributed by atoms with E-state index in [-0.39, 0.29) is 5.03 Å². The van der Waals surface area contributed by atoms with Crippen LogP contribution in [-0.4, -0.2) is 36.2 Å². The standard InChI is InChI=1S/C10H13N3O2S/c1-8-11-10(16(14,15)12(2)3)9-6-4-5-7-13(8)9/h4-7H,1-3H3. The van der Waals surface area contributed by atoms with Crippen LogP contribution in [0.25, 0.3) is 5.52 Å². The Morgan fingerprint density at radius 1 is 1.31 bits per heavy atom. The van der Waals surface area contributed by atoms with Crippen LogP contribution in [0.3, 0.4) is 0 Å². The van der Waals surface area contributed by atoms with Crippen molar-refractivity contribution >= 4 is 15.5 Å². The van der Waals surface area contributed by atoms with Crippen LogP contribution in [0, 0.1) is 6.92 Å². The number of pyridine rings is 1. The van der Waals surface area contributed by atoms with E-state index in [1.165, 1.54) is 18.4 Å². The second-order valence-electron chi connectivity index (χ2n) is 3.71. The first-order chi connectivity index (χ1) is 7.44. The van der Waals surface area contributed by atoms with Crippen molar-refractivity contribution in [3.05, 3.63) is 30.2 Å². The summed E-state index contributed by atoms with van der Waals surface area (Å²) in [5, 5.41) is 0.107. The number of imidazole rings is 1. The number of nitrogens with zero attached hydrogens (tertiary/aromatic N) is 3. The average Bonchev–Trinajstić information content (AvgIpc) is 2.57. The van der Waals surface area contributed by atoms with Gasteiger partial charge in [-0.1, -0.05) is 6.07 Å². The molecule has 0 aliphatic rings. The van der Waals surface area contributed by atoms with Crippen LogP contribution in [0.2, 0.25) is 0 Å². The smallest absolute Gasteiger partial charge is 0.262 e. The summed E-state index contributed by atoms with van der Waals surface area (Å²) >= 11 is 0. The zero-order valence-corrected chi connectivity index (χ0v) is 10.2. The predicted octanol–water partition coefficient (Wildman–Crippen LogP) is 0.893. The minimum Gasteiger partial charge on any atom is -0.303 e. The number of sulfonamides is 1. The van der Waals surface area contributed by atoms with Crippen molar-refractivity contribution in [3.63, 3.8) is 0 Å². The van der Waals surface area contributed by atoms with Crippen LogP contribution >= 0.6 is 0 Å². The van der Waals surface area contributed by atoms with E-state index in [9.17, 15) is 8.42 Å². The van der Waals surface area contributed by atoms with Gasteiger partial charge in [0.2, 0.25) is 0 Å². The third-order valence-electron chi connectivity index (χ3n) is 2.42. The molecule has 0 saturated heterocycles. The number of aromatic nitrogens is 2. The molecule has 0 radical (unpaired) electrons. The van der Waals surface area contributed by atoms with Crippen molar-refractivity contribution in [1.82, 2.24) is 13.7 Å². The second-order valence-corrected chi connectivity index (χ2v) is 5.77. The molecule has 2 rings (SSSR count). The highest BCUT2D eigenvalue weighted by Gasteiger charge is 2.24. The summed E-state index contributed by atoms with van der Waals surface area (Å²) in [6, 6.07) is 5.38.